The maximum Gasteiger partial charge on any atom is 0.263 e. The summed E-state index contributed by atoms with van der Waals surface area (Å²) in [6.07, 6.45) is 6.70. The van der Waals surface area contributed by atoms with Crippen molar-refractivity contribution in [3.63, 3.8) is 0 Å². The second-order valence-corrected chi connectivity index (χ2v) is 5.94. The molecule has 106 valence electrons. The van der Waals surface area contributed by atoms with Crippen molar-refractivity contribution in [1.82, 2.24) is 19.9 Å². The summed E-state index contributed by atoms with van der Waals surface area (Å²) in [7, 11) is 0. The van der Waals surface area contributed by atoms with Gasteiger partial charge in [0, 0.05) is 31.9 Å². The maximum atomic E-state index is 12.2. The average molecular weight is 290 g/mol. The molecule has 0 fully saturated rings. The normalized spacial score (nSPS) is 17.8. The van der Waals surface area contributed by atoms with Crippen LogP contribution in [0.4, 0.5) is 0 Å². The standard InChI is InChI=1S/C14H18N4OS/c1-2-11-13(20-9-17-11)14(19)16-8-10-3-5-18-6-4-15-12(18)7-10/h4,6,9-10H,2-3,5,7-8H2,1H3,(H,16,19). The molecule has 0 saturated heterocycles. The molecule has 3 rings (SSSR count). The Labute approximate surface area is 122 Å². The number of thiazole rings is 1. The van der Waals surface area contributed by atoms with Crippen LogP contribution in [0, 0.1) is 5.92 Å². The van der Waals surface area contributed by atoms with Gasteiger partial charge in [-0.2, -0.15) is 0 Å². The third-order valence-corrected chi connectivity index (χ3v) is 4.65. The molecule has 1 aliphatic rings. The molecule has 1 atom stereocenters. The van der Waals surface area contributed by atoms with E-state index >= 15 is 0 Å². The number of carbonyl (C=O) groups excluding carboxylic acids is 1. The molecular formula is C14H18N4OS. The molecule has 5 nitrogen and oxygen atoms in total. The van der Waals surface area contributed by atoms with Crippen molar-refractivity contribution in [1.29, 1.82) is 0 Å². The Kier molecular flexibility index (Phi) is 3.82. The molecule has 0 saturated carbocycles. The van der Waals surface area contributed by atoms with Crippen molar-refractivity contribution in [2.75, 3.05) is 6.54 Å². The largest absolute Gasteiger partial charge is 0.351 e. The Morgan fingerprint density at radius 3 is 3.30 bits per heavy atom. The lowest BCUT2D eigenvalue weighted by Crippen LogP contribution is -2.33. The van der Waals surface area contributed by atoms with Gasteiger partial charge < -0.3 is 9.88 Å². The van der Waals surface area contributed by atoms with Crippen LogP contribution in [-0.4, -0.2) is 27.0 Å². The fourth-order valence-corrected chi connectivity index (χ4v) is 3.41. The predicted molar refractivity (Wildman–Crippen MR) is 77.9 cm³/mol. The van der Waals surface area contributed by atoms with Gasteiger partial charge in [0.05, 0.1) is 11.2 Å². The molecule has 2 aromatic heterocycles. The minimum atomic E-state index is 0.0123. The molecule has 3 heterocycles. The SMILES string of the molecule is CCc1ncsc1C(=O)NCC1CCn2ccnc2C1. The first kappa shape index (κ1) is 13.3. The summed E-state index contributed by atoms with van der Waals surface area (Å²) in [5, 5.41) is 3.05. The first-order chi connectivity index (χ1) is 9.78. The number of hydrogen-bond donors (Lipinski definition) is 1. The first-order valence-electron chi connectivity index (χ1n) is 6.98. The zero-order chi connectivity index (χ0) is 13.9. The number of rotatable bonds is 4. The number of aryl methyl sites for hydroxylation is 2. The molecular weight excluding hydrogens is 272 g/mol. The van der Waals surface area contributed by atoms with Gasteiger partial charge in [0.1, 0.15) is 10.7 Å². The number of nitrogens with one attached hydrogen (secondary N) is 1. The number of nitrogens with zero attached hydrogens (tertiary/aromatic N) is 3. The number of imidazole rings is 1. The van der Waals surface area contributed by atoms with Gasteiger partial charge in [-0.25, -0.2) is 9.97 Å². The summed E-state index contributed by atoms with van der Waals surface area (Å²) in [6.45, 7) is 3.73. The Morgan fingerprint density at radius 2 is 2.45 bits per heavy atom. The molecule has 0 bridgehead atoms. The monoisotopic (exact) mass is 290 g/mol. The summed E-state index contributed by atoms with van der Waals surface area (Å²) in [5.74, 6) is 1.62. The van der Waals surface area contributed by atoms with E-state index in [2.05, 4.69) is 19.9 Å². The molecule has 1 aliphatic heterocycles. The van der Waals surface area contributed by atoms with E-state index in [-0.39, 0.29) is 5.91 Å². The van der Waals surface area contributed by atoms with Crippen LogP contribution in [-0.2, 0) is 19.4 Å². The van der Waals surface area contributed by atoms with Crippen LogP contribution in [0.2, 0.25) is 0 Å². The van der Waals surface area contributed by atoms with Crippen LogP contribution in [0.1, 0.15) is 34.5 Å². The number of hydrogen-bond acceptors (Lipinski definition) is 4. The van der Waals surface area contributed by atoms with Crippen molar-refractivity contribution in [3.8, 4) is 0 Å². The minimum Gasteiger partial charge on any atom is -0.351 e. The predicted octanol–water partition coefficient (Wildman–Crippen LogP) is 1.89. The van der Waals surface area contributed by atoms with Crippen LogP contribution < -0.4 is 5.32 Å². The number of amides is 1. The van der Waals surface area contributed by atoms with Crippen LogP contribution >= 0.6 is 11.3 Å². The van der Waals surface area contributed by atoms with Crippen LogP contribution in [0.5, 0.6) is 0 Å². The fraction of sp³-hybridized carbons (Fsp3) is 0.500. The molecule has 2 aromatic rings. The van der Waals surface area contributed by atoms with E-state index in [1.807, 2.05) is 19.3 Å². The molecule has 1 N–H and O–H groups in total. The van der Waals surface area contributed by atoms with Gasteiger partial charge in [0.25, 0.3) is 5.91 Å². The highest BCUT2D eigenvalue weighted by Gasteiger charge is 2.20. The van der Waals surface area contributed by atoms with E-state index in [9.17, 15) is 4.79 Å². The lowest BCUT2D eigenvalue weighted by Gasteiger charge is -2.23. The van der Waals surface area contributed by atoms with Gasteiger partial charge in [-0.05, 0) is 18.8 Å². The highest BCUT2D eigenvalue weighted by Crippen LogP contribution is 2.19. The minimum absolute atomic E-state index is 0.0123. The number of fused-ring (bicyclic) bond motifs is 1. The quantitative estimate of drug-likeness (QED) is 0.935. The third kappa shape index (κ3) is 2.60. The van der Waals surface area contributed by atoms with Gasteiger partial charge in [0.2, 0.25) is 0 Å². The molecule has 0 aromatic carbocycles. The zero-order valence-electron chi connectivity index (χ0n) is 11.5. The summed E-state index contributed by atoms with van der Waals surface area (Å²) >= 11 is 1.42. The Bertz CT molecular complexity index is 604. The molecule has 1 amide bonds. The first-order valence-corrected chi connectivity index (χ1v) is 7.86. The van der Waals surface area contributed by atoms with E-state index in [1.165, 1.54) is 11.3 Å². The molecule has 1 unspecified atom stereocenters. The van der Waals surface area contributed by atoms with E-state index in [0.717, 1.165) is 42.2 Å². The van der Waals surface area contributed by atoms with Crippen molar-refractivity contribution >= 4 is 17.2 Å². The zero-order valence-corrected chi connectivity index (χ0v) is 12.3. The number of aromatic nitrogens is 3. The van der Waals surface area contributed by atoms with Crippen molar-refractivity contribution < 1.29 is 4.79 Å². The van der Waals surface area contributed by atoms with Gasteiger partial charge in [-0.3, -0.25) is 4.79 Å². The molecule has 20 heavy (non-hydrogen) atoms. The highest BCUT2D eigenvalue weighted by atomic mass is 32.1. The molecule has 6 heteroatoms. The lowest BCUT2D eigenvalue weighted by molar-refractivity contribution is 0.0947. The summed E-state index contributed by atoms with van der Waals surface area (Å²) in [5.41, 5.74) is 2.64. The van der Waals surface area contributed by atoms with Crippen molar-refractivity contribution in [3.05, 3.63) is 34.3 Å². The molecule has 0 aliphatic carbocycles. The van der Waals surface area contributed by atoms with Crippen molar-refractivity contribution in [2.45, 2.75) is 32.7 Å². The van der Waals surface area contributed by atoms with Gasteiger partial charge in [-0.1, -0.05) is 6.92 Å². The fourth-order valence-electron chi connectivity index (χ4n) is 2.61. The third-order valence-electron chi connectivity index (χ3n) is 3.78. The van der Waals surface area contributed by atoms with Crippen LogP contribution in [0.15, 0.2) is 17.9 Å². The van der Waals surface area contributed by atoms with E-state index in [1.54, 1.807) is 5.51 Å². The summed E-state index contributed by atoms with van der Waals surface area (Å²) in [6, 6.07) is 0. The summed E-state index contributed by atoms with van der Waals surface area (Å²) < 4.78 is 2.19. The topological polar surface area (TPSA) is 59.8 Å². The second-order valence-electron chi connectivity index (χ2n) is 5.09. The van der Waals surface area contributed by atoms with Gasteiger partial charge in [-0.15, -0.1) is 11.3 Å². The van der Waals surface area contributed by atoms with Crippen LogP contribution in [0.25, 0.3) is 0 Å². The van der Waals surface area contributed by atoms with Crippen LogP contribution in [0.3, 0.4) is 0 Å². The summed E-state index contributed by atoms with van der Waals surface area (Å²) in [4.78, 5) is 21.5. The highest BCUT2D eigenvalue weighted by molar-refractivity contribution is 7.11. The van der Waals surface area contributed by atoms with Gasteiger partial charge >= 0.3 is 0 Å². The molecule has 0 radical (unpaired) electrons. The second kappa shape index (κ2) is 5.75. The smallest absolute Gasteiger partial charge is 0.263 e. The van der Waals surface area contributed by atoms with Gasteiger partial charge in [0.15, 0.2) is 0 Å². The number of carbonyl (C=O) groups is 1. The van der Waals surface area contributed by atoms with Crippen molar-refractivity contribution in [2.24, 2.45) is 5.92 Å². The lowest BCUT2D eigenvalue weighted by atomic mass is 9.98. The Morgan fingerprint density at radius 1 is 1.55 bits per heavy atom. The maximum absolute atomic E-state index is 12.2. The van der Waals surface area contributed by atoms with E-state index in [0.29, 0.717) is 12.5 Å². The Hall–Kier alpha value is -1.69. The average Bonchev–Trinajstić information content (AvgIpc) is 3.12. The van der Waals surface area contributed by atoms with E-state index < -0.39 is 0 Å². The van der Waals surface area contributed by atoms with E-state index in [4.69, 9.17) is 0 Å². The molecule has 0 spiro atoms. The Balaban J connectivity index is 1.57.